The lowest BCUT2D eigenvalue weighted by Crippen LogP contribution is -2.27. The van der Waals surface area contributed by atoms with Gasteiger partial charge in [-0.05, 0) is 16.7 Å². The van der Waals surface area contributed by atoms with Crippen LogP contribution < -0.4 is 16.0 Å². The number of benzene rings is 1. The molecule has 0 spiro atoms. The fraction of sp³-hybridized carbons (Fsp3) is 0.421. The molecule has 1 aromatic carbocycles. The number of hydrogen-bond acceptors (Lipinski definition) is 5. The van der Waals surface area contributed by atoms with Crippen molar-refractivity contribution in [3.63, 3.8) is 0 Å². The summed E-state index contributed by atoms with van der Waals surface area (Å²) in [6.07, 6.45) is 0.203. The minimum absolute atomic E-state index is 0. The number of anilines is 1. The van der Waals surface area contributed by atoms with Crippen molar-refractivity contribution >= 4 is 53.1 Å². The highest BCUT2D eigenvalue weighted by Gasteiger charge is 2.22. The van der Waals surface area contributed by atoms with Crippen LogP contribution in [0.5, 0.6) is 0 Å². The van der Waals surface area contributed by atoms with Crippen molar-refractivity contribution in [2.24, 2.45) is 5.41 Å². The van der Waals surface area contributed by atoms with E-state index in [9.17, 15) is 9.59 Å². The number of rotatable bonds is 5. The van der Waals surface area contributed by atoms with Crippen LogP contribution in [0.1, 0.15) is 43.2 Å². The molecule has 1 aromatic heterocycles. The second-order valence-corrected chi connectivity index (χ2v) is 8.37. The number of amides is 2. The van der Waals surface area contributed by atoms with Gasteiger partial charge >= 0.3 is 0 Å². The van der Waals surface area contributed by atoms with E-state index in [2.05, 4.69) is 39.1 Å². The summed E-state index contributed by atoms with van der Waals surface area (Å²) < 4.78 is 0. The van der Waals surface area contributed by atoms with Gasteiger partial charge < -0.3 is 16.0 Å². The second-order valence-electron chi connectivity index (χ2n) is 7.51. The molecule has 2 aromatic rings. The largest absolute Gasteiger partial charge is 0.352 e. The molecule has 0 bridgehead atoms. The number of carbonyl (C=O) groups is 2. The number of nitrogens with zero attached hydrogens (tertiary/aromatic N) is 1. The van der Waals surface area contributed by atoms with Crippen LogP contribution in [0.25, 0.3) is 0 Å². The van der Waals surface area contributed by atoms with Crippen LogP contribution in [0.2, 0.25) is 0 Å². The molecule has 0 atom stereocenters. The molecule has 1 aliphatic rings. The Kier molecular flexibility index (Phi) is 8.88. The normalized spacial score (nSPS) is 12.4. The maximum atomic E-state index is 12.2. The van der Waals surface area contributed by atoms with Gasteiger partial charge in [0.1, 0.15) is 0 Å². The molecule has 3 rings (SSSR count). The van der Waals surface area contributed by atoms with Crippen molar-refractivity contribution in [2.45, 2.75) is 46.8 Å². The Bertz CT molecular complexity index is 834. The van der Waals surface area contributed by atoms with Crippen LogP contribution in [0, 0.1) is 5.41 Å². The van der Waals surface area contributed by atoms with Gasteiger partial charge in [-0.25, -0.2) is 4.98 Å². The zero-order chi connectivity index (χ0) is 18.7. The number of aromatic nitrogens is 1. The van der Waals surface area contributed by atoms with Crippen LogP contribution in [0.15, 0.2) is 23.6 Å². The van der Waals surface area contributed by atoms with E-state index in [1.165, 1.54) is 22.5 Å². The van der Waals surface area contributed by atoms with Crippen LogP contribution in [-0.2, 0) is 35.6 Å². The van der Waals surface area contributed by atoms with E-state index in [0.29, 0.717) is 17.4 Å². The standard InChI is InChI=1S/C19H24N4O2S.2ClH/c1-19(2,3)17(25)23-18-22-15(11-26-18)7-16(24)21-8-12-4-5-13-9-20-10-14(13)6-12;;/h4-6,11,20H,7-10H2,1-3H3,(H,21,24)(H,22,23,25);2*1H. The third-order valence-electron chi connectivity index (χ3n) is 4.19. The summed E-state index contributed by atoms with van der Waals surface area (Å²) in [7, 11) is 0. The molecule has 0 saturated heterocycles. The topological polar surface area (TPSA) is 83.1 Å². The average Bonchev–Trinajstić information content (AvgIpc) is 3.20. The van der Waals surface area contributed by atoms with E-state index in [0.717, 1.165) is 18.7 Å². The minimum Gasteiger partial charge on any atom is -0.352 e. The highest BCUT2D eigenvalue weighted by molar-refractivity contribution is 7.13. The van der Waals surface area contributed by atoms with Gasteiger partial charge in [-0.3, -0.25) is 9.59 Å². The maximum Gasteiger partial charge on any atom is 0.231 e. The first-order valence-electron chi connectivity index (χ1n) is 8.65. The molecule has 28 heavy (non-hydrogen) atoms. The summed E-state index contributed by atoms with van der Waals surface area (Å²) in [6, 6.07) is 6.30. The highest BCUT2D eigenvalue weighted by Crippen LogP contribution is 2.21. The first kappa shape index (κ1) is 24.4. The Labute approximate surface area is 181 Å². The van der Waals surface area contributed by atoms with E-state index >= 15 is 0 Å². The van der Waals surface area contributed by atoms with Gasteiger partial charge in [0, 0.05) is 30.4 Å². The van der Waals surface area contributed by atoms with Crippen molar-refractivity contribution in [3.8, 4) is 0 Å². The summed E-state index contributed by atoms with van der Waals surface area (Å²) in [5.74, 6) is -0.170. The molecule has 0 fully saturated rings. The molecule has 0 aliphatic carbocycles. The Morgan fingerprint density at radius 3 is 2.61 bits per heavy atom. The van der Waals surface area contributed by atoms with Gasteiger partial charge in [0.2, 0.25) is 11.8 Å². The van der Waals surface area contributed by atoms with Gasteiger partial charge in [-0.2, -0.15) is 0 Å². The van der Waals surface area contributed by atoms with E-state index in [-0.39, 0.29) is 43.0 Å². The first-order valence-corrected chi connectivity index (χ1v) is 9.53. The summed E-state index contributed by atoms with van der Waals surface area (Å²) in [5.41, 5.74) is 3.91. The molecule has 1 aliphatic heterocycles. The van der Waals surface area contributed by atoms with Crippen LogP contribution >= 0.6 is 36.2 Å². The molecule has 2 amide bonds. The van der Waals surface area contributed by atoms with E-state index in [4.69, 9.17) is 0 Å². The summed E-state index contributed by atoms with van der Waals surface area (Å²) in [6.45, 7) is 7.85. The summed E-state index contributed by atoms with van der Waals surface area (Å²) in [5, 5.41) is 11.4. The Balaban J connectivity index is 0.00000196. The number of fused-ring (bicyclic) bond motifs is 1. The van der Waals surface area contributed by atoms with Crippen LogP contribution in [0.4, 0.5) is 5.13 Å². The number of thiazole rings is 1. The van der Waals surface area contributed by atoms with E-state index in [1.807, 2.05) is 20.8 Å². The van der Waals surface area contributed by atoms with E-state index < -0.39 is 5.41 Å². The predicted octanol–water partition coefficient (Wildman–Crippen LogP) is 3.43. The third-order valence-corrected chi connectivity index (χ3v) is 4.99. The van der Waals surface area contributed by atoms with Gasteiger partial charge in [-0.15, -0.1) is 36.2 Å². The molecule has 2 heterocycles. The quantitative estimate of drug-likeness (QED) is 0.659. The molecule has 6 nitrogen and oxygen atoms in total. The molecule has 0 radical (unpaired) electrons. The van der Waals surface area contributed by atoms with Gasteiger partial charge in [0.25, 0.3) is 0 Å². The second kappa shape index (κ2) is 10.2. The average molecular weight is 445 g/mol. The number of carbonyl (C=O) groups excluding carboxylic acids is 2. The zero-order valence-corrected chi connectivity index (χ0v) is 18.6. The Hall–Kier alpha value is -1.67. The van der Waals surface area contributed by atoms with Crippen molar-refractivity contribution < 1.29 is 9.59 Å². The fourth-order valence-corrected chi connectivity index (χ4v) is 3.32. The summed E-state index contributed by atoms with van der Waals surface area (Å²) >= 11 is 1.33. The first-order chi connectivity index (χ1) is 12.3. The van der Waals surface area contributed by atoms with Crippen LogP contribution in [0.3, 0.4) is 0 Å². The predicted molar refractivity (Wildman–Crippen MR) is 117 cm³/mol. The van der Waals surface area contributed by atoms with Crippen molar-refractivity contribution in [2.75, 3.05) is 5.32 Å². The maximum absolute atomic E-state index is 12.2. The van der Waals surface area contributed by atoms with Gasteiger partial charge in [-0.1, -0.05) is 39.0 Å². The molecular weight excluding hydrogens is 419 g/mol. The minimum atomic E-state index is -0.478. The van der Waals surface area contributed by atoms with Crippen molar-refractivity contribution in [1.82, 2.24) is 15.6 Å². The zero-order valence-electron chi connectivity index (χ0n) is 16.1. The van der Waals surface area contributed by atoms with Gasteiger partial charge in [0.05, 0.1) is 12.1 Å². The lowest BCUT2D eigenvalue weighted by Gasteiger charge is -2.15. The fourth-order valence-electron chi connectivity index (χ4n) is 2.62. The molecule has 9 heteroatoms. The van der Waals surface area contributed by atoms with Crippen molar-refractivity contribution in [1.29, 1.82) is 0 Å². The highest BCUT2D eigenvalue weighted by atomic mass is 35.5. The Morgan fingerprint density at radius 2 is 1.89 bits per heavy atom. The molecule has 0 unspecified atom stereocenters. The Morgan fingerprint density at radius 1 is 1.18 bits per heavy atom. The molecule has 0 saturated carbocycles. The van der Waals surface area contributed by atoms with E-state index in [1.54, 1.807) is 5.38 Å². The van der Waals surface area contributed by atoms with Crippen molar-refractivity contribution in [3.05, 3.63) is 46.0 Å². The van der Waals surface area contributed by atoms with Crippen LogP contribution in [-0.4, -0.2) is 16.8 Å². The monoisotopic (exact) mass is 444 g/mol. The number of nitrogens with one attached hydrogen (secondary N) is 3. The van der Waals surface area contributed by atoms with Gasteiger partial charge in [0.15, 0.2) is 5.13 Å². The lowest BCUT2D eigenvalue weighted by molar-refractivity contribution is -0.123. The molecule has 3 N–H and O–H groups in total. The number of halogens is 2. The smallest absolute Gasteiger partial charge is 0.231 e. The third kappa shape index (κ3) is 6.44. The lowest BCUT2D eigenvalue weighted by atomic mass is 9.96. The SMILES string of the molecule is CC(C)(C)C(=O)Nc1nc(CC(=O)NCc2ccc3c(c2)CNC3)cs1.Cl.Cl. The summed E-state index contributed by atoms with van der Waals surface area (Å²) in [4.78, 5) is 28.5. The number of hydrogen-bond donors (Lipinski definition) is 3. The molecular formula is C19H26Cl2N4O2S. The molecule has 154 valence electrons.